The van der Waals surface area contributed by atoms with Gasteiger partial charge in [-0.3, -0.25) is 4.79 Å². The van der Waals surface area contributed by atoms with Crippen LogP contribution < -0.4 is 15.8 Å². The third-order valence-electron chi connectivity index (χ3n) is 8.47. The van der Waals surface area contributed by atoms with Gasteiger partial charge in [-0.2, -0.15) is 4.31 Å². The Balaban J connectivity index is 1.23. The molecule has 10 nitrogen and oxygen atoms in total. The topological polar surface area (TPSA) is 140 Å². The number of rotatable bonds is 12. The van der Waals surface area contributed by atoms with E-state index < -0.39 is 22.2 Å². The molecule has 244 valence electrons. The molecule has 6 rings (SSSR count). The predicted molar refractivity (Wildman–Crippen MR) is 179 cm³/mol. The van der Waals surface area contributed by atoms with Gasteiger partial charge in [0.25, 0.3) is 5.91 Å². The number of hydrogen-bond acceptors (Lipinski definition) is 8. The maximum absolute atomic E-state index is 13.5. The van der Waals surface area contributed by atoms with E-state index in [0.29, 0.717) is 23.5 Å². The van der Waals surface area contributed by atoms with Crippen LogP contribution in [0.1, 0.15) is 29.0 Å². The minimum absolute atomic E-state index is 0.0361. The SMILES string of the molecule is COc1ccc(S(=O)(=O)N(CCO)CCOC2CC(c3cccc4c3Cc3ccccc3-4)C=C(C(=O)Nc3ccccc3N)O2)cc1. The van der Waals surface area contributed by atoms with Crippen molar-refractivity contribution in [1.29, 1.82) is 0 Å². The number of methoxy groups -OCH3 is 1. The number of ether oxygens (including phenoxy) is 3. The number of allylic oxidation sites excluding steroid dienone is 1. The van der Waals surface area contributed by atoms with E-state index in [0.717, 1.165) is 16.3 Å². The fourth-order valence-electron chi connectivity index (χ4n) is 6.11. The van der Waals surface area contributed by atoms with Crippen LogP contribution in [-0.4, -0.2) is 63.4 Å². The van der Waals surface area contributed by atoms with Gasteiger partial charge in [0.15, 0.2) is 5.76 Å². The molecule has 2 unspecified atom stereocenters. The van der Waals surface area contributed by atoms with E-state index in [1.807, 2.05) is 24.3 Å². The molecule has 2 aliphatic rings. The van der Waals surface area contributed by atoms with Crippen LogP contribution in [0, 0.1) is 0 Å². The molecule has 4 aromatic rings. The molecule has 1 aliphatic carbocycles. The summed E-state index contributed by atoms with van der Waals surface area (Å²) in [5, 5.41) is 12.5. The molecular weight excluding hydrogens is 618 g/mol. The average Bonchev–Trinajstić information content (AvgIpc) is 3.48. The van der Waals surface area contributed by atoms with Gasteiger partial charge in [0.05, 0.1) is 36.6 Å². The lowest BCUT2D eigenvalue weighted by Crippen LogP contribution is -2.38. The first kappa shape index (κ1) is 32.3. The van der Waals surface area contributed by atoms with Gasteiger partial charge in [0, 0.05) is 25.4 Å². The number of amides is 1. The van der Waals surface area contributed by atoms with Crippen molar-refractivity contribution in [2.45, 2.75) is 29.9 Å². The Kier molecular flexibility index (Phi) is 9.60. The second kappa shape index (κ2) is 14.0. The largest absolute Gasteiger partial charge is 0.497 e. The van der Waals surface area contributed by atoms with Crippen LogP contribution in [0.2, 0.25) is 0 Å². The number of sulfonamides is 1. The highest BCUT2D eigenvalue weighted by Crippen LogP contribution is 2.43. The van der Waals surface area contributed by atoms with Gasteiger partial charge in [-0.05, 0) is 76.7 Å². The quantitative estimate of drug-likeness (QED) is 0.161. The van der Waals surface area contributed by atoms with E-state index >= 15 is 0 Å². The van der Waals surface area contributed by atoms with Gasteiger partial charge < -0.3 is 30.4 Å². The van der Waals surface area contributed by atoms with E-state index in [9.17, 15) is 18.3 Å². The molecule has 4 N–H and O–H groups in total. The molecule has 0 aromatic heterocycles. The molecule has 0 spiro atoms. The lowest BCUT2D eigenvalue weighted by atomic mass is 9.87. The third-order valence-corrected chi connectivity index (χ3v) is 10.4. The Hall–Kier alpha value is -4.68. The summed E-state index contributed by atoms with van der Waals surface area (Å²) >= 11 is 0. The zero-order valence-corrected chi connectivity index (χ0v) is 26.8. The van der Waals surface area contributed by atoms with Crippen LogP contribution in [0.5, 0.6) is 5.75 Å². The first-order chi connectivity index (χ1) is 22.8. The van der Waals surface area contributed by atoms with Gasteiger partial charge in [-0.15, -0.1) is 0 Å². The molecule has 0 bridgehead atoms. The van der Waals surface area contributed by atoms with E-state index in [-0.39, 0.29) is 42.9 Å². The number of nitrogens with one attached hydrogen (secondary N) is 1. The van der Waals surface area contributed by atoms with Crippen molar-refractivity contribution < 1.29 is 32.5 Å². The zero-order chi connectivity index (χ0) is 33.0. The molecule has 0 fully saturated rings. The maximum Gasteiger partial charge on any atom is 0.290 e. The molecule has 2 atom stereocenters. The molecule has 4 aromatic carbocycles. The molecule has 47 heavy (non-hydrogen) atoms. The molecule has 11 heteroatoms. The van der Waals surface area contributed by atoms with Crippen molar-refractivity contribution >= 4 is 27.3 Å². The number of aliphatic hydroxyl groups excluding tert-OH is 1. The average molecular weight is 656 g/mol. The first-order valence-corrected chi connectivity index (χ1v) is 16.8. The van der Waals surface area contributed by atoms with Crippen molar-refractivity contribution in [1.82, 2.24) is 4.31 Å². The summed E-state index contributed by atoms with van der Waals surface area (Å²) < 4.78 is 45.3. The minimum Gasteiger partial charge on any atom is -0.497 e. The van der Waals surface area contributed by atoms with Gasteiger partial charge in [-0.25, -0.2) is 8.42 Å². The highest BCUT2D eigenvalue weighted by Gasteiger charge is 2.33. The van der Waals surface area contributed by atoms with Gasteiger partial charge >= 0.3 is 0 Å². The molecule has 1 aliphatic heterocycles. The number of benzene rings is 4. The summed E-state index contributed by atoms with van der Waals surface area (Å²) in [5.74, 6) is -0.0778. The van der Waals surface area contributed by atoms with E-state index in [4.69, 9.17) is 19.9 Å². The van der Waals surface area contributed by atoms with Crippen molar-refractivity contribution in [2.24, 2.45) is 0 Å². The van der Waals surface area contributed by atoms with Crippen LogP contribution in [0.4, 0.5) is 11.4 Å². The maximum atomic E-state index is 13.5. The number of carbonyl (C=O) groups is 1. The Labute approximate surface area is 274 Å². The van der Waals surface area contributed by atoms with Crippen molar-refractivity contribution in [3.8, 4) is 16.9 Å². The Morgan fingerprint density at radius 1 is 0.979 bits per heavy atom. The predicted octanol–water partition coefficient (Wildman–Crippen LogP) is 4.90. The molecule has 0 saturated heterocycles. The number of nitrogens with two attached hydrogens (primary N) is 1. The summed E-state index contributed by atoms with van der Waals surface area (Å²) in [5.41, 5.74) is 12.8. The van der Waals surface area contributed by atoms with Crippen LogP contribution in [0.25, 0.3) is 11.1 Å². The number of aliphatic hydroxyl groups is 1. The zero-order valence-electron chi connectivity index (χ0n) is 26.0. The second-order valence-electron chi connectivity index (χ2n) is 11.3. The normalized spacial score (nSPS) is 17.0. The molecule has 1 amide bonds. The smallest absolute Gasteiger partial charge is 0.290 e. The van der Waals surface area contributed by atoms with E-state index in [1.54, 1.807) is 36.4 Å². The number of anilines is 2. The van der Waals surface area contributed by atoms with Gasteiger partial charge in [-0.1, -0.05) is 54.6 Å². The van der Waals surface area contributed by atoms with Gasteiger partial charge in [0.2, 0.25) is 16.3 Å². The summed E-state index contributed by atoms with van der Waals surface area (Å²) in [7, 11) is -2.43. The monoisotopic (exact) mass is 655 g/mol. The lowest BCUT2D eigenvalue weighted by Gasteiger charge is -2.31. The number of fused-ring (bicyclic) bond motifs is 3. The van der Waals surface area contributed by atoms with Crippen molar-refractivity contribution in [3.05, 3.63) is 120 Å². The summed E-state index contributed by atoms with van der Waals surface area (Å²) in [6.45, 7) is -0.559. The van der Waals surface area contributed by atoms with Crippen LogP contribution >= 0.6 is 0 Å². The number of hydrogen-bond donors (Lipinski definition) is 3. The number of nitrogens with zero attached hydrogens (tertiary/aromatic N) is 1. The molecule has 1 heterocycles. The number of carbonyl (C=O) groups excluding carboxylic acids is 1. The Bertz CT molecular complexity index is 1890. The molecule has 0 saturated carbocycles. The molecule has 0 radical (unpaired) electrons. The minimum atomic E-state index is -3.93. The highest BCUT2D eigenvalue weighted by molar-refractivity contribution is 7.89. The first-order valence-electron chi connectivity index (χ1n) is 15.4. The fraction of sp³-hybridized carbons (Fsp3) is 0.250. The third kappa shape index (κ3) is 6.89. The highest BCUT2D eigenvalue weighted by atomic mass is 32.2. The fourth-order valence-corrected chi connectivity index (χ4v) is 7.52. The van der Waals surface area contributed by atoms with E-state index in [2.05, 4.69) is 29.6 Å². The summed E-state index contributed by atoms with van der Waals surface area (Å²) in [6.07, 6.45) is 2.15. The van der Waals surface area contributed by atoms with Crippen molar-refractivity contribution in [3.63, 3.8) is 0 Å². The Morgan fingerprint density at radius 3 is 2.49 bits per heavy atom. The summed E-state index contributed by atoms with van der Waals surface area (Å²) in [6, 6.07) is 27.6. The van der Waals surface area contributed by atoms with Gasteiger partial charge in [0.1, 0.15) is 5.75 Å². The lowest BCUT2D eigenvalue weighted by molar-refractivity contribution is -0.143. The summed E-state index contributed by atoms with van der Waals surface area (Å²) in [4.78, 5) is 13.6. The standard InChI is InChI=1S/C36H37N3O7S/c1-44-26-13-15-27(16-14-26)47(42,43)39(17-19-40)18-20-45-35-23-25(22-34(46-35)36(41)38-33-12-5-4-11-32(33)37)29-9-6-10-30-28-8-3-2-7-24(28)21-31(29)30/h2-16,22,25,35,40H,17-21,23,37H2,1H3,(H,38,41). The molecular formula is C36H37N3O7S. The van der Waals surface area contributed by atoms with Crippen LogP contribution in [0.15, 0.2) is 108 Å². The Morgan fingerprint density at radius 2 is 1.72 bits per heavy atom. The van der Waals surface area contributed by atoms with Crippen molar-refractivity contribution in [2.75, 3.05) is 44.5 Å². The van der Waals surface area contributed by atoms with Crippen LogP contribution in [0.3, 0.4) is 0 Å². The second-order valence-corrected chi connectivity index (χ2v) is 13.3. The number of nitrogen functional groups attached to an aromatic ring is 1. The van der Waals surface area contributed by atoms with Crippen LogP contribution in [-0.2, 0) is 30.7 Å². The number of para-hydroxylation sites is 2. The van der Waals surface area contributed by atoms with E-state index in [1.165, 1.54) is 41.5 Å².